The summed E-state index contributed by atoms with van der Waals surface area (Å²) in [4.78, 5) is 6.74. The molecule has 0 aromatic carbocycles. The largest absolute Gasteiger partial charge is 0.355 e. The van der Waals surface area contributed by atoms with E-state index < -0.39 is 0 Å². The van der Waals surface area contributed by atoms with Crippen LogP contribution in [-0.4, -0.2) is 34.3 Å². The summed E-state index contributed by atoms with van der Waals surface area (Å²) in [7, 11) is 0. The Bertz CT molecular complexity index is 335. The average molecular weight is 221 g/mol. The summed E-state index contributed by atoms with van der Waals surface area (Å²) in [6.45, 7) is 6.42. The van der Waals surface area contributed by atoms with Gasteiger partial charge in [0.1, 0.15) is 0 Å². The second kappa shape index (κ2) is 5.09. The summed E-state index contributed by atoms with van der Waals surface area (Å²) in [5.74, 6) is 1.58. The second-order valence-electron chi connectivity index (χ2n) is 4.29. The Morgan fingerprint density at radius 1 is 1.44 bits per heavy atom. The molecule has 0 saturated carbocycles. The van der Waals surface area contributed by atoms with Gasteiger partial charge in [0.05, 0.1) is 6.20 Å². The van der Waals surface area contributed by atoms with Crippen LogP contribution in [0.3, 0.4) is 0 Å². The van der Waals surface area contributed by atoms with Gasteiger partial charge in [0.25, 0.3) is 0 Å². The zero-order chi connectivity index (χ0) is 11.4. The van der Waals surface area contributed by atoms with Crippen LogP contribution in [0.4, 0.5) is 11.8 Å². The van der Waals surface area contributed by atoms with Gasteiger partial charge >= 0.3 is 0 Å². The Hall–Kier alpha value is -1.39. The first-order valence-corrected chi connectivity index (χ1v) is 6.01. The highest BCUT2D eigenvalue weighted by atomic mass is 15.3. The topological polar surface area (TPSA) is 53.9 Å². The van der Waals surface area contributed by atoms with Crippen LogP contribution in [0.5, 0.6) is 0 Å². The molecule has 88 valence electrons. The van der Waals surface area contributed by atoms with Crippen LogP contribution in [0.15, 0.2) is 6.20 Å². The van der Waals surface area contributed by atoms with Crippen molar-refractivity contribution < 1.29 is 0 Å². The maximum absolute atomic E-state index is 4.48. The minimum atomic E-state index is 0.385. The Morgan fingerprint density at radius 2 is 2.19 bits per heavy atom. The summed E-state index contributed by atoms with van der Waals surface area (Å²) in [6.07, 6.45) is 5.29. The highest BCUT2D eigenvalue weighted by Crippen LogP contribution is 2.17. The van der Waals surface area contributed by atoms with Crippen molar-refractivity contribution in [1.29, 1.82) is 0 Å². The van der Waals surface area contributed by atoms with E-state index >= 15 is 0 Å². The van der Waals surface area contributed by atoms with Crippen LogP contribution >= 0.6 is 0 Å². The van der Waals surface area contributed by atoms with E-state index in [1.165, 1.54) is 12.8 Å². The van der Waals surface area contributed by atoms with Crippen molar-refractivity contribution in [2.24, 2.45) is 0 Å². The van der Waals surface area contributed by atoms with Crippen molar-refractivity contribution in [3.05, 3.63) is 6.20 Å². The number of nitrogens with one attached hydrogen (secondary N) is 1. The van der Waals surface area contributed by atoms with E-state index in [0.29, 0.717) is 12.0 Å². The van der Waals surface area contributed by atoms with E-state index in [2.05, 4.69) is 39.2 Å². The fraction of sp³-hybridized carbons (Fsp3) is 0.727. The molecule has 5 nitrogen and oxygen atoms in total. The quantitative estimate of drug-likeness (QED) is 0.838. The predicted octanol–water partition coefficient (Wildman–Crippen LogP) is 1.68. The van der Waals surface area contributed by atoms with E-state index in [-0.39, 0.29) is 0 Å². The highest BCUT2D eigenvalue weighted by molar-refractivity contribution is 5.41. The summed E-state index contributed by atoms with van der Waals surface area (Å²) in [6, 6.07) is 0.385. The van der Waals surface area contributed by atoms with E-state index in [1.54, 1.807) is 6.20 Å². The molecule has 0 amide bonds. The Balaban J connectivity index is 2.06. The summed E-state index contributed by atoms with van der Waals surface area (Å²) < 4.78 is 0. The Kier molecular flexibility index (Phi) is 3.54. The molecule has 1 N–H and O–H groups in total. The van der Waals surface area contributed by atoms with Gasteiger partial charge in [-0.05, 0) is 26.2 Å². The maximum atomic E-state index is 4.48. The normalized spacial score (nSPS) is 17.5. The van der Waals surface area contributed by atoms with Gasteiger partial charge in [-0.1, -0.05) is 6.92 Å². The molecule has 16 heavy (non-hydrogen) atoms. The van der Waals surface area contributed by atoms with Gasteiger partial charge in [-0.15, -0.1) is 5.10 Å². The minimum absolute atomic E-state index is 0.385. The molecule has 1 atom stereocenters. The van der Waals surface area contributed by atoms with Gasteiger partial charge in [-0.25, -0.2) is 0 Å². The van der Waals surface area contributed by atoms with Crippen LogP contribution in [0.2, 0.25) is 0 Å². The van der Waals surface area contributed by atoms with Crippen molar-refractivity contribution in [2.45, 2.75) is 39.2 Å². The predicted molar refractivity (Wildman–Crippen MR) is 64.6 cm³/mol. The molecule has 0 radical (unpaired) electrons. The Morgan fingerprint density at radius 3 is 2.88 bits per heavy atom. The van der Waals surface area contributed by atoms with Crippen molar-refractivity contribution in [3.63, 3.8) is 0 Å². The molecule has 5 heteroatoms. The first kappa shape index (κ1) is 11.1. The lowest BCUT2D eigenvalue weighted by atomic mass is 10.3. The fourth-order valence-electron chi connectivity index (χ4n) is 1.78. The molecular formula is C11H19N5. The lowest BCUT2D eigenvalue weighted by Crippen LogP contribution is -2.22. The van der Waals surface area contributed by atoms with E-state index in [0.717, 1.165) is 25.3 Å². The molecule has 2 heterocycles. The smallest absolute Gasteiger partial charge is 0.244 e. The molecule has 1 saturated heterocycles. The third kappa shape index (κ3) is 2.59. The number of rotatable bonds is 4. The first-order chi connectivity index (χ1) is 7.79. The van der Waals surface area contributed by atoms with Crippen molar-refractivity contribution in [2.75, 3.05) is 23.3 Å². The third-order valence-corrected chi connectivity index (χ3v) is 2.96. The first-order valence-electron chi connectivity index (χ1n) is 6.01. The molecular weight excluding hydrogens is 202 g/mol. The molecule has 0 bridgehead atoms. The van der Waals surface area contributed by atoms with Gasteiger partial charge in [0.15, 0.2) is 5.82 Å². The molecule has 1 aromatic rings. The zero-order valence-electron chi connectivity index (χ0n) is 9.98. The van der Waals surface area contributed by atoms with E-state index in [1.807, 2.05) is 0 Å². The summed E-state index contributed by atoms with van der Waals surface area (Å²) in [5.41, 5.74) is 0. The SMILES string of the molecule is CCC(C)Nc1nncc(N2CCCC2)n1. The van der Waals surface area contributed by atoms with Crippen LogP contribution in [0, 0.1) is 0 Å². The van der Waals surface area contributed by atoms with Crippen LogP contribution in [-0.2, 0) is 0 Å². The number of hydrogen-bond donors (Lipinski definition) is 1. The molecule has 1 aromatic heterocycles. The monoisotopic (exact) mass is 221 g/mol. The number of anilines is 2. The number of hydrogen-bond acceptors (Lipinski definition) is 5. The average Bonchev–Trinajstić information content (AvgIpc) is 2.83. The standard InChI is InChI=1S/C11H19N5/c1-3-9(2)13-11-14-10(8-12-15-11)16-6-4-5-7-16/h8-9H,3-7H2,1-2H3,(H,13,14,15). The van der Waals surface area contributed by atoms with Crippen molar-refractivity contribution in [3.8, 4) is 0 Å². The van der Waals surface area contributed by atoms with Crippen molar-refractivity contribution in [1.82, 2.24) is 15.2 Å². The molecule has 1 aliphatic rings. The van der Waals surface area contributed by atoms with Crippen LogP contribution in [0.1, 0.15) is 33.1 Å². The number of aromatic nitrogens is 3. The van der Waals surface area contributed by atoms with Gasteiger partial charge < -0.3 is 10.2 Å². The summed E-state index contributed by atoms with van der Waals surface area (Å²) >= 11 is 0. The highest BCUT2D eigenvalue weighted by Gasteiger charge is 2.14. The van der Waals surface area contributed by atoms with Gasteiger partial charge in [0, 0.05) is 19.1 Å². The summed E-state index contributed by atoms with van der Waals surface area (Å²) in [5, 5.41) is 11.2. The molecule has 1 fully saturated rings. The maximum Gasteiger partial charge on any atom is 0.244 e. The zero-order valence-corrected chi connectivity index (χ0v) is 9.98. The van der Waals surface area contributed by atoms with Gasteiger partial charge in [-0.3, -0.25) is 0 Å². The lowest BCUT2D eigenvalue weighted by molar-refractivity contribution is 0.744. The van der Waals surface area contributed by atoms with Crippen LogP contribution < -0.4 is 10.2 Å². The van der Waals surface area contributed by atoms with E-state index in [4.69, 9.17) is 0 Å². The minimum Gasteiger partial charge on any atom is -0.355 e. The molecule has 0 aliphatic carbocycles. The van der Waals surface area contributed by atoms with Crippen molar-refractivity contribution >= 4 is 11.8 Å². The van der Waals surface area contributed by atoms with Gasteiger partial charge in [-0.2, -0.15) is 10.1 Å². The third-order valence-electron chi connectivity index (χ3n) is 2.96. The molecule has 0 spiro atoms. The Labute approximate surface area is 96.3 Å². The lowest BCUT2D eigenvalue weighted by Gasteiger charge is -2.17. The van der Waals surface area contributed by atoms with Gasteiger partial charge in [0.2, 0.25) is 5.95 Å². The van der Waals surface area contributed by atoms with E-state index in [9.17, 15) is 0 Å². The molecule has 1 aliphatic heterocycles. The molecule has 2 rings (SSSR count). The van der Waals surface area contributed by atoms with Crippen LogP contribution in [0.25, 0.3) is 0 Å². The molecule has 1 unspecified atom stereocenters. The second-order valence-corrected chi connectivity index (χ2v) is 4.29. The fourth-order valence-corrected chi connectivity index (χ4v) is 1.78. The number of nitrogens with zero attached hydrogens (tertiary/aromatic N) is 4.